The van der Waals surface area contributed by atoms with Gasteiger partial charge >= 0.3 is 0 Å². The van der Waals surface area contributed by atoms with Gasteiger partial charge in [0.15, 0.2) is 0 Å². The van der Waals surface area contributed by atoms with Crippen LogP contribution in [0.15, 0.2) is 0 Å². The monoisotopic (exact) mass is 213 g/mol. The number of nitrogens with zero attached hydrogens (tertiary/aromatic N) is 1. The Morgan fingerprint density at radius 2 is 1.60 bits per heavy atom. The Balaban J connectivity index is 1.73. The standard InChI is InChI=1S/C12H27N3/c1-2-6-13-8-9-14-7-5-12-15-10-3-4-11-15/h13-14H,2-12H2,1H3. The van der Waals surface area contributed by atoms with Crippen LogP contribution in [-0.2, 0) is 0 Å². The van der Waals surface area contributed by atoms with Crippen LogP contribution in [0.25, 0.3) is 0 Å². The Morgan fingerprint density at radius 3 is 2.27 bits per heavy atom. The fourth-order valence-electron chi connectivity index (χ4n) is 2.04. The Labute approximate surface area is 94.6 Å². The topological polar surface area (TPSA) is 27.3 Å². The van der Waals surface area contributed by atoms with Crippen molar-refractivity contribution in [1.82, 2.24) is 15.5 Å². The van der Waals surface area contributed by atoms with Crippen molar-refractivity contribution in [1.29, 1.82) is 0 Å². The lowest BCUT2D eigenvalue weighted by Gasteiger charge is -2.14. The second kappa shape index (κ2) is 9.13. The highest BCUT2D eigenvalue weighted by Crippen LogP contribution is 2.06. The molecule has 0 aromatic carbocycles. The van der Waals surface area contributed by atoms with Crippen LogP contribution in [0, 0.1) is 0 Å². The molecule has 1 saturated heterocycles. The molecule has 0 radical (unpaired) electrons. The number of rotatable bonds is 9. The average molecular weight is 213 g/mol. The van der Waals surface area contributed by atoms with Gasteiger partial charge < -0.3 is 15.5 Å². The first-order valence-corrected chi connectivity index (χ1v) is 6.57. The van der Waals surface area contributed by atoms with Crippen molar-refractivity contribution in [2.45, 2.75) is 32.6 Å². The maximum atomic E-state index is 3.48. The molecule has 0 aromatic heterocycles. The van der Waals surface area contributed by atoms with E-state index in [0.29, 0.717) is 0 Å². The van der Waals surface area contributed by atoms with Gasteiger partial charge in [-0.05, 0) is 58.4 Å². The number of hydrogen-bond acceptors (Lipinski definition) is 3. The molecule has 90 valence electrons. The first-order chi connectivity index (χ1) is 7.43. The summed E-state index contributed by atoms with van der Waals surface area (Å²) in [5.41, 5.74) is 0. The summed E-state index contributed by atoms with van der Waals surface area (Å²) in [6.07, 6.45) is 5.35. The van der Waals surface area contributed by atoms with E-state index in [9.17, 15) is 0 Å². The van der Waals surface area contributed by atoms with Gasteiger partial charge in [-0.1, -0.05) is 6.92 Å². The molecule has 15 heavy (non-hydrogen) atoms. The lowest BCUT2D eigenvalue weighted by molar-refractivity contribution is 0.331. The minimum absolute atomic E-state index is 1.11. The Kier molecular flexibility index (Phi) is 7.88. The molecule has 0 aliphatic carbocycles. The van der Waals surface area contributed by atoms with Gasteiger partial charge in [0.1, 0.15) is 0 Å². The summed E-state index contributed by atoms with van der Waals surface area (Å²) >= 11 is 0. The van der Waals surface area contributed by atoms with Gasteiger partial charge in [-0.25, -0.2) is 0 Å². The van der Waals surface area contributed by atoms with E-state index in [1.165, 1.54) is 51.9 Å². The van der Waals surface area contributed by atoms with Gasteiger partial charge in [-0.15, -0.1) is 0 Å². The lowest BCUT2D eigenvalue weighted by Crippen LogP contribution is -2.30. The maximum absolute atomic E-state index is 3.48. The van der Waals surface area contributed by atoms with Crippen molar-refractivity contribution < 1.29 is 0 Å². The van der Waals surface area contributed by atoms with E-state index >= 15 is 0 Å². The average Bonchev–Trinajstić information content (AvgIpc) is 2.75. The predicted molar refractivity (Wildman–Crippen MR) is 66.3 cm³/mol. The predicted octanol–water partition coefficient (Wildman–Crippen LogP) is 1.06. The van der Waals surface area contributed by atoms with Gasteiger partial charge in [-0.3, -0.25) is 0 Å². The van der Waals surface area contributed by atoms with Gasteiger partial charge in [0.25, 0.3) is 0 Å². The molecule has 3 heteroatoms. The van der Waals surface area contributed by atoms with Crippen LogP contribution in [-0.4, -0.2) is 50.7 Å². The van der Waals surface area contributed by atoms with Crippen LogP contribution in [0.1, 0.15) is 32.6 Å². The van der Waals surface area contributed by atoms with Crippen LogP contribution in [0.5, 0.6) is 0 Å². The summed E-state index contributed by atoms with van der Waals surface area (Å²) < 4.78 is 0. The van der Waals surface area contributed by atoms with Crippen LogP contribution in [0.4, 0.5) is 0 Å². The van der Waals surface area contributed by atoms with Crippen molar-refractivity contribution in [3.05, 3.63) is 0 Å². The zero-order chi connectivity index (χ0) is 10.8. The number of hydrogen-bond donors (Lipinski definition) is 2. The highest BCUT2D eigenvalue weighted by molar-refractivity contribution is 4.66. The second-order valence-electron chi connectivity index (χ2n) is 4.40. The van der Waals surface area contributed by atoms with E-state index in [2.05, 4.69) is 22.5 Å². The summed E-state index contributed by atoms with van der Waals surface area (Å²) in [5.74, 6) is 0. The van der Waals surface area contributed by atoms with Gasteiger partial charge in [0.2, 0.25) is 0 Å². The lowest BCUT2D eigenvalue weighted by atomic mass is 10.4. The third kappa shape index (κ3) is 6.88. The number of likely N-dealkylation sites (tertiary alicyclic amines) is 1. The summed E-state index contributed by atoms with van der Waals surface area (Å²) in [6, 6.07) is 0. The third-order valence-corrected chi connectivity index (χ3v) is 2.93. The molecule has 2 N–H and O–H groups in total. The Hall–Kier alpha value is -0.120. The fourth-order valence-corrected chi connectivity index (χ4v) is 2.04. The summed E-state index contributed by atoms with van der Waals surface area (Å²) in [4.78, 5) is 2.58. The van der Waals surface area contributed by atoms with Gasteiger partial charge in [0, 0.05) is 13.1 Å². The van der Waals surface area contributed by atoms with E-state index in [1.54, 1.807) is 0 Å². The molecule has 0 amide bonds. The minimum atomic E-state index is 1.11. The first kappa shape index (κ1) is 12.9. The number of nitrogens with one attached hydrogen (secondary N) is 2. The summed E-state index contributed by atoms with van der Waals surface area (Å²) in [5, 5.41) is 6.87. The smallest absolute Gasteiger partial charge is 0.00767 e. The molecule has 1 heterocycles. The van der Waals surface area contributed by atoms with Crippen molar-refractivity contribution in [2.75, 3.05) is 45.8 Å². The molecule has 0 atom stereocenters. The van der Waals surface area contributed by atoms with Gasteiger partial charge in [0.05, 0.1) is 0 Å². The van der Waals surface area contributed by atoms with Gasteiger partial charge in [-0.2, -0.15) is 0 Å². The largest absolute Gasteiger partial charge is 0.315 e. The molecule has 0 unspecified atom stereocenters. The summed E-state index contributed by atoms with van der Waals surface area (Å²) in [6.45, 7) is 10.7. The van der Waals surface area contributed by atoms with Crippen LogP contribution in [0.2, 0.25) is 0 Å². The zero-order valence-corrected chi connectivity index (χ0v) is 10.2. The molecule has 1 rings (SSSR count). The molecule has 0 spiro atoms. The van der Waals surface area contributed by atoms with E-state index in [0.717, 1.165) is 19.6 Å². The van der Waals surface area contributed by atoms with E-state index in [4.69, 9.17) is 0 Å². The molecule has 0 saturated carbocycles. The molecular weight excluding hydrogens is 186 g/mol. The Bertz CT molecular complexity index is 133. The molecule has 1 aliphatic heterocycles. The summed E-state index contributed by atoms with van der Waals surface area (Å²) in [7, 11) is 0. The molecule has 0 aromatic rings. The first-order valence-electron chi connectivity index (χ1n) is 6.57. The van der Waals surface area contributed by atoms with Crippen molar-refractivity contribution in [3.63, 3.8) is 0 Å². The highest BCUT2D eigenvalue weighted by atomic mass is 15.1. The zero-order valence-electron chi connectivity index (χ0n) is 10.2. The highest BCUT2D eigenvalue weighted by Gasteiger charge is 2.09. The molecule has 1 aliphatic rings. The van der Waals surface area contributed by atoms with Crippen LogP contribution in [0.3, 0.4) is 0 Å². The van der Waals surface area contributed by atoms with Crippen molar-refractivity contribution in [2.24, 2.45) is 0 Å². The van der Waals surface area contributed by atoms with Crippen LogP contribution >= 0.6 is 0 Å². The molecular formula is C12H27N3. The quantitative estimate of drug-likeness (QED) is 0.561. The Morgan fingerprint density at radius 1 is 0.933 bits per heavy atom. The SMILES string of the molecule is CCCNCCNCCCN1CCCC1. The molecule has 1 fully saturated rings. The third-order valence-electron chi connectivity index (χ3n) is 2.93. The van der Waals surface area contributed by atoms with Crippen molar-refractivity contribution in [3.8, 4) is 0 Å². The maximum Gasteiger partial charge on any atom is 0.00767 e. The normalized spacial score (nSPS) is 17.4. The van der Waals surface area contributed by atoms with Crippen molar-refractivity contribution >= 4 is 0 Å². The second-order valence-corrected chi connectivity index (χ2v) is 4.40. The van der Waals surface area contributed by atoms with E-state index in [1.807, 2.05) is 0 Å². The molecule has 3 nitrogen and oxygen atoms in total. The minimum Gasteiger partial charge on any atom is -0.315 e. The molecule has 0 bridgehead atoms. The van der Waals surface area contributed by atoms with E-state index < -0.39 is 0 Å². The van der Waals surface area contributed by atoms with E-state index in [-0.39, 0.29) is 0 Å². The fraction of sp³-hybridized carbons (Fsp3) is 1.00. The van der Waals surface area contributed by atoms with Crippen LogP contribution < -0.4 is 10.6 Å².